The number of nitrogens with zero attached hydrogens (tertiary/aromatic N) is 1. The maximum absolute atomic E-state index is 13.2. The van der Waals surface area contributed by atoms with Crippen LogP contribution in [0, 0.1) is 11.6 Å². The third-order valence-electron chi connectivity index (χ3n) is 2.51. The normalized spacial score (nSPS) is 11.2. The molecule has 0 aliphatic rings. The molecule has 0 spiro atoms. The number of halogens is 2. The summed E-state index contributed by atoms with van der Waals surface area (Å²) in [5.41, 5.74) is -0.127. The second kappa shape index (κ2) is 7.32. The molecule has 0 radical (unpaired) electrons. The Morgan fingerprint density at radius 1 is 1.33 bits per heavy atom. The fourth-order valence-corrected chi connectivity index (χ4v) is 2.37. The predicted octanol–water partition coefficient (Wildman–Crippen LogP) is 0.493. The zero-order valence-corrected chi connectivity index (χ0v) is 12.4. The van der Waals surface area contributed by atoms with E-state index in [-0.39, 0.29) is 18.8 Å². The van der Waals surface area contributed by atoms with Crippen LogP contribution in [0.5, 0.6) is 0 Å². The summed E-state index contributed by atoms with van der Waals surface area (Å²) in [6.45, 7) is -0.0475. The van der Waals surface area contributed by atoms with E-state index < -0.39 is 34.1 Å². The number of benzene rings is 1. The minimum Gasteiger partial charge on any atom is -0.383 e. The topological polar surface area (TPSA) is 75.7 Å². The van der Waals surface area contributed by atoms with Gasteiger partial charge in [-0.25, -0.2) is 17.2 Å². The Kier molecular flexibility index (Phi) is 6.03. The molecule has 1 aromatic rings. The molecule has 0 saturated carbocycles. The van der Waals surface area contributed by atoms with Gasteiger partial charge in [-0.2, -0.15) is 0 Å². The van der Waals surface area contributed by atoms with Crippen LogP contribution in [0.2, 0.25) is 0 Å². The Morgan fingerprint density at radius 3 is 2.52 bits per heavy atom. The van der Waals surface area contributed by atoms with Crippen LogP contribution < -0.4 is 9.62 Å². The molecular weight excluding hydrogens is 306 g/mol. The lowest BCUT2D eigenvalue weighted by molar-refractivity contribution is -0.119. The van der Waals surface area contributed by atoms with Crippen molar-refractivity contribution in [1.29, 1.82) is 0 Å². The van der Waals surface area contributed by atoms with Crippen LogP contribution in [0.1, 0.15) is 0 Å². The van der Waals surface area contributed by atoms with Crippen molar-refractivity contribution in [2.45, 2.75) is 0 Å². The fraction of sp³-hybridized carbons (Fsp3) is 0.417. The number of hydrogen-bond acceptors (Lipinski definition) is 4. The van der Waals surface area contributed by atoms with Gasteiger partial charge in [0.2, 0.25) is 15.9 Å². The highest BCUT2D eigenvalue weighted by atomic mass is 32.2. The highest BCUT2D eigenvalue weighted by Gasteiger charge is 2.21. The highest BCUT2D eigenvalue weighted by molar-refractivity contribution is 7.92. The number of methoxy groups -OCH3 is 1. The van der Waals surface area contributed by atoms with Gasteiger partial charge in [-0.05, 0) is 12.1 Å². The largest absolute Gasteiger partial charge is 0.383 e. The van der Waals surface area contributed by atoms with Crippen LogP contribution in [-0.4, -0.2) is 47.4 Å². The Hall–Kier alpha value is -1.74. The number of carbonyl (C=O) groups is 1. The van der Waals surface area contributed by atoms with Gasteiger partial charge in [0.1, 0.15) is 6.54 Å². The molecule has 118 valence electrons. The summed E-state index contributed by atoms with van der Waals surface area (Å²) < 4.78 is 54.9. The number of sulfonamides is 1. The molecule has 1 N–H and O–H groups in total. The smallest absolute Gasteiger partial charge is 0.240 e. The first-order valence-corrected chi connectivity index (χ1v) is 7.79. The van der Waals surface area contributed by atoms with E-state index in [1.54, 1.807) is 0 Å². The molecule has 21 heavy (non-hydrogen) atoms. The molecule has 0 heterocycles. The minimum atomic E-state index is -3.82. The summed E-state index contributed by atoms with van der Waals surface area (Å²) in [6, 6.07) is 2.60. The monoisotopic (exact) mass is 322 g/mol. The molecule has 0 bridgehead atoms. The molecule has 0 unspecified atom stereocenters. The zero-order valence-electron chi connectivity index (χ0n) is 11.6. The van der Waals surface area contributed by atoms with Crippen LogP contribution in [0.15, 0.2) is 18.2 Å². The van der Waals surface area contributed by atoms with Crippen LogP contribution >= 0.6 is 0 Å². The molecule has 1 rings (SSSR count). The molecule has 0 aliphatic carbocycles. The van der Waals surface area contributed by atoms with Crippen molar-refractivity contribution in [2.24, 2.45) is 0 Å². The van der Waals surface area contributed by atoms with Crippen LogP contribution in [0.25, 0.3) is 0 Å². The number of carbonyl (C=O) groups excluding carboxylic acids is 1. The molecule has 0 aliphatic heterocycles. The molecule has 9 heteroatoms. The standard InChI is InChI=1S/C12H16F2N2O4S/c1-20-6-5-15-12(17)8-16(21(2,18)19)9-3-4-10(13)11(14)7-9/h3-4,7H,5-6,8H2,1-2H3,(H,15,17). The quantitative estimate of drug-likeness (QED) is 0.742. The maximum atomic E-state index is 13.2. The van der Waals surface area contributed by atoms with Gasteiger partial charge in [0, 0.05) is 19.7 Å². The van der Waals surface area contributed by atoms with E-state index in [0.717, 1.165) is 24.5 Å². The molecule has 0 atom stereocenters. The van der Waals surface area contributed by atoms with Crippen LogP contribution in [0.3, 0.4) is 0 Å². The molecular formula is C12H16F2N2O4S. The predicted molar refractivity (Wildman–Crippen MR) is 73.4 cm³/mol. The van der Waals surface area contributed by atoms with E-state index in [9.17, 15) is 22.0 Å². The van der Waals surface area contributed by atoms with E-state index >= 15 is 0 Å². The third-order valence-corrected chi connectivity index (χ3v) is 3.65. The van der Waals surface area contributed by atoms with E-state index in [1.165, 1.54) is 7.11 Å². The highest BCUT2D eigenvalue weighted by Crippen LogP contribution is 2.20. The third kappa shape index (κ3) is 5.27. The second-order valence-electron chi connectivity index (χ2n) is 4.21. The van der Waals surface area contributed by atoms with Crippen molar-refractivity contribution in [3.05, 3.63) is 29.8 Å². The molecule has 6 nitrogen and oxygen atoms in total. The number of amides is 1. The summed E-state index contributed by atoms with van der Waals surface area (Å²) in [7, 11) is -2.37. The first-order valence-electron chi connectivity index (χ1n) is 5.94. The molecule has 0 fully saturated rings. The Balaban J connectivity index is 2.92. The number of nitrogens with one attached hydrogen (secondary N) is 1. The van der Waals surface area contributed by atoms with Gasteiger partial charge >= 0.3 is 0 Å². The summed E-state index contributed by atoms with van der Waals surface area (Å²) in [5.74, 6) is -2.88. The van der Waals surface area contributed by atoms with E-state index in [2.05, 4.69) is 5.32 Å². The maximum Gasteiger partial charge on any atom is 0.240 e. The second-order valence-corrected chi connectivity index (χ2v) is 6.12. The van der Waals surface area contributed by atoms with Gasteiger partial charge in [-0.15, -0.1) is 0 Å². The van der Waals surface area contributed by atoms with Crippen molar-refractivity contribution in [3.8, 4) is 0 Å². The first-order chi connectivity index (χ1) is 9.75. The summed E-state index contributed by atoms with van der Waals surface area (Å²) in [5, 5.41) is 2.44. The Morgan fingerprint density at radius 2 is 2.00 bits per heavy atom. The van der Waals surface area contributed by atoms with E-state index in [4.69, 9.17) is 4.74 Å². The van der Waals surface area contributed by atoms with Gasteiger partial charge in [0.05, 0.1) is 18.6 Å². The summed E-state index contributed by atoms with van der Waals surface area (Å²) in [6.07, 6.45) is 0.872. The number of anilines is 1. The average molecular weight is 322 g/mol. The van der Waals surface area contributed by atoms with E-state index in [0.29, 0.717) is 4.31 Å². The van der Waals surface area contributed by atoms with Crippen LogP contribution in [0.4, 0.5) is 14.5 Å². The molecule has 1 amide bonds. The van der Waals surface area contributed by atoms with Gasteiger partial charge in [0.25, 0.3) is 0 Å². The van der Waals surface area contributed by atoms with Crippen molar-refractivity contribution < 1.29 is 26.7 Å². The first kappa shape index (κ1) is 17.3. The van der Waals surface area contributed by atoms with Crippen LogP contribution in [-0.2, 0) is 19.6 Å². The molecule has 1 aromatic carbocycles. The number of ether oxygens (including phenoxy) is 1. The zero-order chi connectivity index (χ0) is 16.0. The van der Waals surface area contributed by atoms with Gasteiger partial charge in [-0.1, -0.05) is 0 Å². The van der Waals surface area contributed by atoms with E-state index in [1.807, 2.05) is 0 Å². The average Bonchev–Trinajstić information content (AvgIpc) is 2.38. The minimum absolute atomic E-state index is 0.127. The Bertz CT molecular complexity index is 607. The van der Waals surface area contributed by atoms with Crippen molar-refractivity contribution in [1.82, 2.24) is 5.32 Å². The summed E-state index contributed by atoms with van der Waals surface area (Å²) in [4.78, 5) is 11.7. The lowest BCUT2D eigenvalue weighted by atomic mass is 10.3. The van der Waals surface area contributed by atoms with Crippen molar-refractivity contribution in [2.75, 3.05) is 37.4 Å². The lowest BCUT2D eigenvalue weighted by Crippen LogP contribution is -2.41. The SMILES string of the molecule is COCCNC(=O)CN(c1ccc(F)c(F)c1)S(C)(=O)=O. The number of hydrogen-bond donors (Lipinski definition) is 1. The van der Waals surface area contributed by atoms with Crippen molar-refractivity contribution >= 4 is 21.6 Å². The van der Waals surface area contributed by atoms with Gasteiger partial charge in [-0.3, -0.25) is 9.10 Å². The van der Waals surface area contributed by atoms with Crippen molar-refractivity contribution in [3.63, 3.8) is 0 Å². The van der Waals surface area contributed by atoms with Gasteiger partial charge in [0.15, 0.2) is 11.6 Å². The number of rotatable bonds is 7. The Labute approximate surface area is 121 Å². The molecule has 0 aromatic heterocycles. The lowest BCUT2D eigenvalue weighted by Gasteiger charge is -2.22. The fourth-order valence-electron chi connectivity index (χ4n) is 1.52. The summed E-state index contributed by atoms with van der Waals surface area (Å²) >= 11 is 0. The van der Waals surface area contributed by atoms with Gasteiger partial charge < -0.3 is 10.1 Å². The molecule has 0 saturated heterocycles.